The first-order valence-electron chi connectivity index (χ1n) is 6.50. The lowest BCUT2D eigenvalue weighted by Crippen LogP contribution is -2.41. The van der Waals surface area contributed by atoms with E-state index in [0.717, 1.165) is 18.4 Å². The Bertz CT molecular complexity index is 497. The van der Waals surface area contributed by atoms with Crippen LogP contribution >= 0.6 is 0 Å². The summed E-state index contributed by atoms with van der Waals surface area (Å²) in [4.78, 5) is 33.9. The Labute approximate surface area is 122 Å². The lowest BCUT2D eigenvalue weighted by atomic mass is 10.1. The molecule has 0 atom stereocenters. The molecule has 0 fully saturated rings. The third-order valence-electron chi connectivity index (χ3n) is 2.68. The Kier molecular flexibility index (Phi) is 6.19. The van der Waals surface area contributed by atoms with Crippen molar-refractivity contribution in [2.24, 2.45) is 0 Å². The number of anilines is 1. The molecule has 0 heterocycles. The normalized spacial score (nSPS) is 9.95. The van der Waals surface area contributed by atoms with Gasteiger partial charge in [-0.3, -0.25) is 9.59 Å². The summed E-state index contributed by atoms with van der Waals surface area (Å²) in [5.74, 6) is -2.55. The van der Waals surface area contributed by atoms with Crippen molar-refractivity contribution in [3.8, 4) is 0 Å². The predicted molar refractivity (Wildman–Crippen MR) is 76.3 cm³/mol. The van der Waals surface area contributed by atoms with Crippen LogP contribution in [0.2, 0.25) is 0 Å². The summed E-state index contributed by atoms with van der Waals surface area (Å²) in [6.45, 7) is 0.712. The quantitative estimate of drug-likeness (QED) is 0.708. The van der Waals surface area contributed by atoms with Gasteiger partial charge in [-0.15, -0.1) is 0 Å². The highest BCUT2D eigenvalue weighted by atomic mass is 16.4. The van der Waals surface area contributed by atoms with Gasteiger partial charge in [-0.1, -0.05) is 25.5 Å². The molecule has 0 aliphatic carbocycles. The van der Waals surface area contributed by atoms with Crippen molar-refractivity contribution < 1.29 is 24.6 Å². The monoisotopic (exact) mass is 294 g/mol. The molecule has 3 N–H and O–H groups in total. The molecule has 1 aromatic rings. The fraction of sp³-hybridized carbons (Fsp3) is 0.357. The van der Waals surface area contributed by atoms with Crippen molar-refractivity contribution in [3.63, 3.8) is 0 Å². The van der Waals surface area contributed by atoms with Crippen LogP contribution in [0.1, 0.15) is 18.9 Å². The molecular weight excluding hydrogens is 276 g/mol. The third kappa shape index (κ3) is 5.94. The maximum absolute atomic E-state index is 11.9. The fourth-order valence-electron chi connectivity index (χ4n) is 1.77. The topological polar surface area (TPSA) is 107 Å². The highest BCUT2D eigenvalue weighted by Crippen LogP contribution is 2.11. The molecule has 0 aliphatic heterocycles. The van der Waals surface area contributed by atoms with Crippen LogP contribution in [-0.4, -0.2) is 46.2 Å². The predicted octanol–water partition coefficient (Wildman–Crippen LogP) is 1.64. The molecule has 0 bridgehead atoms. The minimum atomic E-state index is -1.27. The summed E-state index contributed by atoms with van der Waals surface area (Å²) in [6, 6.07) is 6.35. The number of amides is 2. The SMILES string of the molecule is CCCc1ccc(NC(=O)N(CC(=O)O)CC(=O)O)cc1. The first-order chi connectivity index (χ1) is 9.92. The van der Waals surface area contributed by atoms with Gasteiger partial charge in [0, 0.05) is 5.69 Å². The Morgan fingerprint density at radius 1 is 1.05 bits per heavy atom. The number of hydrogen-bond acceptors (Lipinski definition) is 3. The number of hydrogen-bond donors (Lipinski definition) is 3. The van der Waals surface area contributed by atoms with Crippen molar-refractivity contribution in [3.05, 3.63) is 29.8 Å². The zero-order valence-corrected chi connectivity index (χ0v) is 11.7. The largest absolute Gasteiger partial charge is 0.480 e. The Balaban J connectivity index is 2.71. The first kappa shape index (κ1) is 16.5. The zero-order valence-electron chi connectivity index (χ0n) is 11.7. The summed E-state index contributed by atoms with van der Waals surface area (Å²) < 4.78 is 0. The molecule has 0 unspecified atom stereocenters. The summed E-state index contributed by atoms with van der Waals surface area (Å²) in [7, 11) is 0. The van der Waals surface area contributed by atoms with Gasteiger partial charge < -0.3 is 20.4 Å². The lowest BCUT2D eigenvalue weighted by molar-refractivity contribution is -0.140. The zero-order chi connectivity index (χ0) is 15.8. The molecule has 0 radical (unpaired) electrons. The first-order valence-corrected chi connectivity index (χ1v) is 6.50. The number of urea groups is 1. The summed E-state index contributed by atoms with van der Waals surface area (Å²) in [6.07, 6.45) is 1.94. The van der Waals surface area contributed by atoms with Gasteiger partial charge in [-0.25, -0.2) is 4.79 Å². The van der Waals surface area contributed by atoms with E-state index in [1.807, 2.05) is 12.1 Å². The Morgan fingerprint density at radius 3 is 2.00 bits per heavy atom. The second-order valence-electron chi connectivity index (χ2n) is 4.52. The highest BCUT2D eigenvalue weighted by molar-refractivity contribution is 5.93. The van der Waals surface area contributed by atoms with Gasteiger partial charge in [0.05, 0.1) is 0 Å². The molecule has 7 heteroatoms. The second kappa shape index (κ2) is 7.88. The number of carbonyl (C=O) groups is 3. The van der Waals surface area contributed by atoms with Crippen molar-refractivity contribution in [2.75, 3.05) is 18.4 Å². The van der Waals surface area contributed by atoms with E-state index in [1.54, 1.807) is 12.1 Å². The number of carboxylic acids is 2. The fourth-order valence-corrected chi connectivity index (χ4v) is 1.77. The summed E-state index contributed by atoms with van der Waals surface area (Å²) in [5.41, 5.74) is 1.61. The van der Waals surface area contributed by atoms with Crippen LogP contribution in [0, 0.1) is 0 Å². The number of aryl methyl sites for hydroxylation is 1. The number of benzene rings is 1. The van der Waals surface area contributed by atoms with E-state index in [-0.39, 0.29) is 0 Å². The molecule has 0 spiro atoms. The van der Waals surface area contributed by atoms with Crippen LogP contribution in [0.4, 0.5) is 10.5 Å². The smallest absolute Gasteiger partial charge is 0.323 e. The standard InChI is InChI=1S/C14H18N2O5/c1-2-3-10-4-6-11(7-5-10)15-14(21)16(8-12(17)18)9-13(19)20/h4-7H,2-3,8-9H2,1H3,(H,15,21)(H,17,18)(H,19,20). The molecular formula is C14H18N2O5. The van der Waals surface area contributed by atoms with E-state index in [4.69, 9.17) is 10.2 Å². The number of rotatable bonds is 7. The van der Waals surface area contributed by atoms with Gasteiger partial charge in [0.1, 0.15) is 13.1 Å². The molecule has 0 aliphatic rings. The van der Waals surface area contributed by atoms with Crippen LogP contribution in [0.5, 0.6) is 0 Å². The molecule has 0 saturated carbocycles. The molecule has 1 rings (SSSR count). The molecule has 0 saturated heterocycles. The van der Waals surface area contributed by atoms with E-state index in [1.165, 1.54) is 0 Å². The van der Waals surface area contributed by atoms with Gasteiger partial charge >= 0.3 is 18.0 Å². The minimum absolute atomic E-state index is 0.487. The van der Waals surface area contributed by atoms with Crippen LogP contribution < -0.4 is 5.32 Å². The van der Waals surface area contributed by atoms with E-state index in [9.17, 15) is 14.4 Å². The number of nitrogens with one attached hydrogen (secondary N) is 1. The van der Waals surface area contributed by atoms with Gasteiger partial charge in [0.15, 0.2) is 0 Å². The average Bonchev–Trinajstić information content (AvgIpc) is 2.39. The van der Waals surface area contributed by atoms with Gasteiger partial charge in [-0.05, 0) is 24.1 Å². The minimum Gasteiger partial charge on any atom is -0.480 e. The molecule has 2 amide bonds. The molecule has 21 heavy (non-hydrogen) atoms. The van der Waals surface area contributed by atoms with E-state index < -0.39 is 31.1 Å². The van der Waals surface area contributed by atoms with Crippen LogP contribution in [-0.2, 0) is 16.0 Å². The van der Waals surface area contributed by atoms with Crippen molar-refractivity contribution in [1.29, 1.82) is 0 Å². The third-order valence-corrected chi connectivity index (χ3v) is 2.68. The molecule has 7 nitrogen and oxygen atoms in total. The van der Waals surface area contributed by atoms with Gasteiger partial charge in [0.25, 0.3) is 0 Å². The molecule has 1 aromatic carbocycles. The van der Waals surface area contributed by atoms with Crippen LogP contribution in [0.25, 0.3) is 0 Å². The second-order valence-corrected chi connectivity index (χ2v) is 4.52. The number of carboxylic acid groups (broad SMARTS) is 2. The number of nitrogens with zero attached hydrogens (tertiary/aromatic N) is 1. The van der Waals surface area contributed by atoms with Crippen molar-refractivity contribution in [1.82, 2.24) is 4.90 Å². The summed E-state index contributed by atoms with van der Waals surface area (Å²) >= 11 is 0. The van der Waals surface area contributed by atoms with Crippen LogP contribution in [0.3, 0.4) is 0 Å². The number of aliphatic carboxylic acids is 2. The van der Waals surface area contributed by atoms with E-state index in [0.29, 0.717) is 10.6 Å². The Hall–Kier alpha value is -2.57. The Morgan fingerprint density at radius 2 is 1.57 bits per heavy atom. The van der Waals surface area contributed by atoms with Crippen molar-refractivity contribution in [2.45, 2.75) is 19.8 Å². The molecule has 114 valence electrons. The van der Waals surface area contributed by atoms with Crippen LogP contribution in [0.15, 0.2) is 24.3 Å². The summed E-state index contributed by atoms with van der Waals surface area (Å²) in [5, 5.41) is 19.9. The highest BCUT2D eigenvalue weighted by Gasteiger charge is 2.19. The van der Waals surface area contributed by atoms with E-state index >= 15 is 0 Å². The number of carbonyl (C=O) groups excluding carboxylic acids is 1. The average molecular weight is 294 g/mol. The lowest BCUT2D eigenvalue weighted by Gasteiger charge is -2.19. The van der Waals surface area contributed by atoms with Crippen molar-refractivity contribution >= 4 is 23.7 Å². The van der Waals surface area contributed by atoms with Gasteiger partial charge in [0.2, 0.25) is 0 Å². The maximum Gasteiger partial charge on any atom is 0.323 e. The maximum atomic E-state index is 11.9. The van der Waals surface area contributed by atoms with E-state index in [2.05, 4.69) is 12.2 Å². The van der Waals surface area contributed by atoms with Gasteiger partial charge in [-0.2, -0.15) is 0 Å². The molecule has 0 aromatic heterocycles.